The maximum absolute atomic E-state index is 5.97. The van der Waals surface area contributed by atoms with Crippen molar-refractivity contribution in [2.45, 2.75) is 44.8 Å². The summed E-state index contributed by atoms with van der Waals surface area (Å²) in [5.41, 5.74) is 6.26. The molecule has 0 radical (unpaired) electrons. The second-order valence-electron chi connectivity index (χ2n) is 5.97. The van der Waals surface area contributed by atoms with Gasteiger partial charge in [0.25, 0.3) is 0 Å². The molecular formula is C12H24N2O. The van der Waals surface area contributed by atoms with Crippen molar-refractivity contribution in [3.63, 3.8) is 0 Å². The Hall–Kier alpha value is -0.120. The van der Waals surface area contributed by atoms with Gasteiger partial charge >= 0.3 is 0 Å². The zero-order valence-electron chi connectivity index (χ0n) is 10.3. The molecule has 1 heterocycles. The maximum Gasteiger partial charge on any atom is 0.0753 e. The lowest BCUT2D eigenvalue weighted by atomic mass is 9.67. The Morgan fingerprint density at radius 3 is 2.53 bits per heavy atom. The normalized spacial score (nSPS) is 41.2. The minimum Gasteiger partial charge on any atom is -0.373 e. The van der Waals surface area contributed by atoms with Gasteiger partial charge in [-0.3, -0.25) is 4.90 Å². The molecule has 1 saturated heterocycles. The van der Waals surface area contributed by atoms with Crippen molar-refractivity contribution >= 4 is 0 Å². The molecule has 1 aliphatic heterocycles. The van der Waals surface area contributed by atoms with Crippen molar-refractivity contribution in [1.29, 1.82) is 0 Å². The summed E-state index contributed by atoms with van der Waals surface area (Å²) in [6, 6.07) is 0. The molecule has 88 valence electrons. The molecule has 2 N–H and O–H groups in total. The largest absolute Gasteiger partial charge is 0.373 e. The average molecular weight is 212 g/mol. The summed E-state index contributed by atoms with van der Waals surface area (Å²) in [5, 5.41) is 0. The van der Waals surface area contributed by atoms with Gasteiger partial charge in [0.2, 0.25) is 0 Å². The van der Waals surface area contributed by atoms with Crippen LogP contribution in [0.15, 0.2) is 0 Å². The molecule has 1 saturated carbocycles. The summed E-state index contributed by atoms with van der Waals surface area (Å²) in [5.74, 6) is 0.847. The Bertz CT molecular complexity index is 234. The quantitative estimate of drug-likeness (QED) is 0.748. The minimum atomic E-state index is -0.000746. The van der Waals surface area contributed by atoms with Crippen LogP contribution in [0.3, 0.4) is 0 Å². The van der Waals surface area contributed by atoms with E-state index >= 15 is 0 Å². The standard InChI is InChI=1S/C12H24N2O/c1-10-6-12(7-10,8-13)14-4-5-15-11(2,3)9-14/h10H,4-9,13H2,1-3H3. The van der Waals surface area contributed by atoms with Gasteiger partial charge in [0.15, 0.2) is 0 Å². The van der Waals surface area contributed by atoms with Crippen LogP contribution < -0.4 is 5.73 Å². The second kappa shape index (κ2) is 3.72. The van der Waals surface area contributed by atoms with Gasteiger partial charge < -0.3 is 10.5 Å². The summed E-state index contributed by atoms with van der Waals surface area (Å²) in [6.45, 7) is 10.4. The summed E-state index contributed by atoms with van der Waals surface area (Å²) in [7, 11) is 0. The van der Waals surface area contributed by atoms with E-state index in [9.17, 15) is 0 Å². The Morgan fingerprint density at radius 2 is 2.07 bits per heavy atom. The summed E-state index contributed by atoms with van der Waals surface area (Å²) >= 11 is 0. The van der Waals surface area contributed by atoms with E-state index in [1.807, 2.05) is 0 Å². The lowest BCUT2D eigenvalue weighted by molar-refractivity contribution is -0.139. The van der Waals surface area contributed by atoms with Gasteiger partial charge in [-0.2, -0.15) is 0 Å². The molecule has 0 aromatic carbocycles. The average Bonchev–Trinajstić information content (AvgIpc) is 2.11. The number of hydrogen-bond acceptors (Lipinski definition) is 3. The Morgan fingerprint density at radius 1 is 1.40 bits per heavy atom. The maximum atomic E-state index is 5.97. The SMILES string of the molecule is CC1CC(CN)(N2CCOC(C)(C)C2)C1. The molecule has 0 aromatic heterocycles. The highest BCUT2D eigenvalue weighted by Crippen LogP contribution is 2.42. The van der Waals surface area contributed by atoms with Crippen molar-refractivity contribution < 1.29 is 4.74 Å². The highest BCUT2D eigenvalue weighted by Gasteiger charge is 2.47. The first-order valence-electron chi connectivity index (χ1n) is 6.07. The van der Waals surface area contributed by atoms with Gasteiger partial charge in [-0.25, -0.2) is 0 Å². The monoisotopic (exact) mass is 212 g/mol. The zero-order chi connectivity index (χ0) is 11.1. The third kappa shape index (κ3) is 2.05. The topological polar surface area (TPSA) is 38.5 Å². The highest BCUT2D eigenvalue weighted by molar-refractivity contribution is 5.04. The lowest BCUT2D eigenvalue weighted by Gasteiger charge is -2.56. The molecule has 1 aliphatic carbocycles. The third-order valence-electron chi connectivity index (χ3n) is 3.93. The fraction of sp³-hybridized carbons (Fsp3) is 1.00. The van der Waals surface area contributed by atoms with Crippen LogP contribution in [0.2, 0.25) is 0 Å². The molecule has 0 aromatic rings. The first-order chi connectivity index (χ1) is 6.97. The van der Waals surface area contributed by atoms with Crippen molar-refractivity contribution in [1.82, 2.24) is 4.90 Å². The van der Waals surface area contributed by atoms with Crippen molar-refractivity contribution in [2.24, 2.45) is 11.7 Å². The Labute approximate surface area is 93.0 Å². The fourth-order valence-electron chi connectivity index (χ4n) is 3.21. The molecule has 0 spiro atoms. The Balaban J connectivity index is 2.03. The number of nitrogens with zero attached hydrogens (tertiary/aromatic N) is 1. The Kier molecular flexibility index (Phi) is 2.82. The molecule has 2 fully saturated rings. The summed E-state index contributed by atoms with van der Waals surface area (Å²) in [4.78, 5) is 2.57. The van der Waals surface area contributed by atoms with Crippen LogP contribution in [0.1, 0.15) is 33.6 Å². The molecule has 0 amide bonds. The molecule has 0 atom stereocenters. The minimum absolute atomic E-state index is 0.000746. The fourth-order valence-corrected chi connectivity index (χ4v) is 3.21. The predicted octanol–water partition coefficient (Wildman–Crippen LogP) is 1.22. The molecule has 2 rings (SSSR count). The van der Waals surface area contributed by atoms with Gasteiger partial charge in [0, 0.05) is 25.2 Å². The molecule has 0 unspecified atom stereocenters. The van der Waals surface area contributed by atoms with Gasteiger partial charge in [-0.15, -0.1) is 0 Å². The molecule has 2 aliphatic rings. The smallest absolute Gasteiger partial charge is 0.0753 e. The van der Waals surface area contributed by atoms with Gasteiger partial charge in [0.05, 0.1) is 12.2 Å². The van der Waals surface area contributed by atoms with Crippen molar-refractivity contribution in [2.75, 3.05) is 26.2 Å². The van der Waals surface area contributed by atoms with Crippen LogP contribution in [0.4, 0.5) is 0 Å². The van der Waals surface area contributed by atoms with Crippen LogP contribution in [-0.2, 0) is 4.74 Å². The van der Waals surface area contributed by atoms with E-state index in [1.165, 1.54) is 12.8 Å². The number of rotatable bonds is 2. The van der Waals surface area contributed by atoms with E-state index in [4.69, 9.17) is 10.5 Å². The number of ether oxygens (including phenoxy) is 1. The van der Waals surface area contributed by atoms with E-state index in [0.717, 1.165) is 32.2 Å². The van der Waals surface area contributed by atoms with Gasteiger partial charge in [-0.05, 0) is 32.6 Å². The van der Waals surface area contributed by atoms with E-state index in [-0.39, 0.29) is 5.60 Å². The third-order valence-corrected chi connectivity index (χ3v) is 3.93. The molecular weight excluding hydrogens is 188 g/mol. The second-order valence-corrected chi connectivity index (χ2v) is 5.97. The molecule has 3 nitrogen and oxygen atoms in total. The van der Waals surface area contributed by atoms with Crippen LogP contribution in [0, 0.1) is 5.92 Å². The van der Waals surface area contributed by atoms with E-state index < -0.39 is 0 Å². The van der Waals surface area contributed by atoms with E-state index in [2.05, 4.69) is 25.7 Å². The molecule has 3 heteroatoms. The van der Waals surface area contributed by atoms with E-state index in [1.54, 1.807) is 0 Å². The van der Waals surface area contributed by atoms with Gasteiger partial charge in [0.1, 0.15) is 0 Å². The number of hydrogen-bond donors (Lipinski definition) is 1. The molecule has 15 heavy (non-hydrogen) atoms. The number of morpholine rings is 1. The van der Waals surface area contributed by atoms with Crippen LogP contribution in [-0.4, -0.2) is 42.3 Å². The predicted molar refractivity (Wildman–Crippen MR) is 61.8 cm³/mol. The summed E-state index contributed by atoms with van der Waals surface area (Å²) in [6.07, 6.45) is 2.53. The lowest BCUT2D eigenvalue weighted by Crippen LogP contribution is -2.66. The van der Waals surface area contributed by atoms with Crippen LogP contribution in [0.5, 0.6) is 0 Å². The molecule has 0 bridgehead atoms. The summed E-state index contributed by atoms with van der Waals surface area (Å²) < 4.78 is 5.75. The van der Waals surface area contributed by atoms with Gasteiger partial charge in [-0.1, -0.05) is 6.92 Å². The van der Waals surface area contributed by atoms with E-state index in [0.29, 0.717) is 5.54 Å². The van der Waals surface area contributed by atoms with Crippen LogP contribution >= 0.6 is 0 Å². The van der Waals surface area contributed by atoms with Crippen LogP contribution in [0.25, 0.3) is 0 Å². The highest BCUT2D eigenvalue weighted by atomic mass is 16.5. The first kappa shape index (κ1) is 11.4. The van der Waals surface area contributed by atoms with Crippen molar-refractivity contribution in [3.8, 4) is 0 Å². The number of nitrogens with two attached hydrogens (primary N) is 1. The first-order valence-corrected chi connectivity index (χ1v) is 6.07. The zero-order valence-corrected chi connectivity index (χ0v) is 10.3. The van der Waals surface area contributed by atoms with Crippen molar-refractivity contribution in [3.05, 3.63) is 0 Å².